The van der Waals surface area contributed by atoms with Gasteiger partial charge in [-0.1, -0.05) is 18.2 Å². The van der Waals surface area contributed by atoms with Crippen LogP contribution in [0.25, 0.3) is 0 Å². The zero-order valence-corrected chi connectivity index (χ0v) is 20.4. The van der Waals surface area contributed by atoms with E-state index in [0.717, 1.165) is 18.3 Å². The smallest absolute Gasteiger partial charge is 0.365 e. The van der Waals surface area contributed by atoms with Gasteiger partial charge < -0.3 is 20.1 Å². The topological polar surface area (TPSA) is 71.6 Å². The zero-order chi connectivity index (χ0) is 28.6. The molecule has 212 valence electrons. The van der Waals surface area contributed by atoms with Crippen LogP contribution in [0, 0.1) is 17.7 Å². The molecular weight excluding hydrogens is 540 g/mol. The van der Waals surface area contributed by atoms with E-state index in [4.69, 9.17) is 5.73 Å². The van der Waals surface area contributed by atoms with Crippen molar-refractivity contribution in [3.63, 3.8) is 0 Å². The van der Waals surface area contributed by atoms with Crippen LogP contribution in [0.1, 0.15) is 46.8 Å². The number of hydrogen-bond acceptors (Lipinski definition) is 4. The normalized spacial score (nSPS) is 24.6. The van der Waals surface area contributed by atoms with Crippen molar-refractivity contribution in [2.24, 2.45) is 17.6 Å². The van der Waals surface area contributed by atoms with Crippen molar-refractivity contribution in [1.29, 1.82) is 0 Å². The molecule has 1 aromatic carbocycles. The summed E-state index contributed by atoms with van der Waals surface area (Å²) in [5.74, 6) is -3.81. The van der Waals surface area contributed by atoms with Crippen molar-refractivity contribution < 1.29 is 39.9 Å². The van der Waals surface area contributed by atoms with Crippen molar-refractivity contribution in [2.45, 2.75) is 49.5 Å². The van der Waals surface area contributed by atoms with Gasteiger partial charge in [-0.15, -0.1) is 0 Å². The third kappa shape index (κ3) is 4.45. The molecule has 0 spiro atoms. The van der Waals surface area contributed by atoms with Gasteiger partial charge in [0.2, 0.25) is 0 Å². The maximum atomic E-state index is 15.2. The maximum Gasteiger partial charge on any atom is 0.413 e. The minimum atomic E-state index is -5.27. The first kappa shape index (κ1) is 27.4. The average molecular weight is 564 g/mol. The third-order valence-electron chi connectivity index (χ3n) is 8.05. The number of nitrogens with zero attached hydrogens (tertiary/aromatic N) is 3. The summed E-state index contributed by atoms with van der Waals surface area (Å²) < 4.78 is 115. The summed E-state index contributed by atoms with van der Waals surface area (Å²) in [6, 6.07) is -0.954. The number of halogens is 8. The average Bonchev–Trinajstić information content (AvgIpc) is 3.72. The highest BCUT2D eigenvalue weighted by Gasteiger charge is 2.63. The number of anilines is 1. The molecule has 1 amide bonds. The van der Waals surface area contributed by atoms with E-state index in [0.29, 0.717) is 34.7 Å². The second kappa shape index (κ2) is 9.20. The van der Waals surface area contributed by atoms with Gasteiger partial charge in [0.1, 0.15) is 11.4 Å². The largest absolute Gasteiger partial charge is 0.413 e. The van der Waals surface area contributed by atoms with Crippen LogP contribution < -0.4 is 16.2 Å². The zero-order valence-electron chi connectivity index (χ0n) is 20.4. The minimum absolute atomic E-state index is 0.0955. The Morgan fingerprint density at radius 1 is 1.10 bits per heavy atom. The lowest BCUT2D eigenvalue weighted by molar-refractivity contribution is -0.152. The Labute approximate surface area is 217 Å². The van der Waals surface area contributed by atoms with E-state index >= 15 is 4.39 Å². The van der Waals surface area contributed by atoms with Gasteiger partial charge in [0.25, 0.3) is 24.3 Å². The molecule has 2 heterocycles. The van der Waals surface area contributed by atoms with Gasteiger partial charge in [-0.25, -0.2) is 22.0 Å². The van der Waals surface area contributed by atoms with Gasteiger partial charge in [-0.3, -0.25) is 9.59 Å². The van der Waals surface area contributed by atoms with Crippen LogP contribution in [-0.4, -0.2) is 54.2 Å². The fourth-order valence-corrected chi connectivity index (χ4v) is 5.99. The molecule has 2 unspecified atom stereocenters. The number of amides is 1. The maximum absolute atomic E-state index is 15.2. The first-order chi connectivity index (χ1) is 18.2. The van der Waals surface area contributed by atoms with Crippen LogP contribution in [0.5, 0.6) is 0 Å². The van der Waals surface area contributed by atoms with Crippen molar-refractivity contribution in [1.82, 2.24) is 9.47 Å². The van der Waals surface area contributed by atoms with Gasteiger partial charge in [0.15, 0.2) is 6.04 Å². The first-order valence-corrected chi connectivity index (χ1v) is 12.1. The summed E-state index contributed by atoms with van der Waals surface area (Å²) >= 11 is 0. The lowest BCUT2D eigenvalue weighted by Crippen LogP contribution is -2.46. The van der Waals surface area contributed by atoms with Crippen molar-refractivity contribution in [3.05, 3.63) is 63.3 Å². The quantitative estimate of drug-likeness (QED) is 0.482. The molecule has 0 bridgehead atoms. The number of piperidine rings is 1. The highest BCUT2D eigenvalue weighted by Crippen LogP contribution is 2.56. The fraction of sp³-hybridized carbons (Fsp3) is 0.520. The number of alkyl halides is 7. The summed E-state index contributed by atoms with van der Waals surface area (Å²) in [4.78, 5) is 28.1. The van der Waals surface area contributed by atoms with E-state index in [2.05, 4.69) is 0 Å². The summed E-state index contributed by atoms with van der Waals surface area (Å²) in [6.45, 7) is 0.709. The molecule has 2 N–H and O–H groups in total. The minimum Gasteiger partial charge on any atom is -0.365 e. The molecule has 6 nitrogen and oxygen atoms in total. The predicted molar refractivity (Wildman–Crippen MR) is 123 cm³/mol. The predicted octanol–water partition coefficient (Wildman–Crippen LogP) is 4.45. The van der Waals surface area contributed by atoms with Crippen LogP contribution in [0.2, 0.25) is 0 Å². The van der Waals surface area contributed by atoms with E-state index in [1.165, 1.54) is 0 Å². The van der Waals surface area contributed by atoms with Crippen LogP contribution >= 0.6 is 0 Å². The standard InChI is InChI=1S/C25H24F8N4O2/c1-35-8-13-14(9-35)19(13)37(20(25(31,32)33)11-3-2-4-12(18(11)26)21(27)28)16-7-17(38)36(10-15(16)22(34)39)24(5-6-24)23(29)30/h2-4,7,10,13-14,19-21,23H,5-6,8-9H2,1H3,(H2,34,39)/t13?,14?,19?,20-/m0/s1. The van der Waals surface area contributed by atoms with Gasteiger partial charge in [-0.05, 0) is 31.7 Å². The van der Waals surface area contributed by atoms with E-state index in [1.54, 1.807) is 7.05 Å². The van der Waals surface area contributed by atoms with Crippen LogP contribution in [0.15, 0.2) is 35.3 Å². The number of carbonyl (C=O) groups is 1. The molecule has 1 saturated heterocycles. The fourth-order valence-electron chi connectivity index (χ4n) is 5.99. The Kier molecular flexibility index (Phi) is 6.47. The van der Waals surface area contributed by atoms with Gasteiger partial charge in [-0.2, -0.15) is 13.2 Å². The molecular formula is C25H24F8N4O2. The number of hydrogen-bond donors (Lipinski definition) is 1. The molecule has 2 saturated carbocycles. The Bertz CT molecular complexity index is 1340. The number of aromatic nitrogens is 1. The molecule has 5 rings (SSSR count). The first-order valence-electron chi connectivity index (χ1n) is 12.1. The Balaban J connectivity index is 1.74. The number of nitrogens with two attached hydrogens (primary N) is 1. The molecule has 2 aromatic rings. The number of carbonyl (C=O) groups excluding carboxylic acids is 1. The monoisotopic (exact) mass is 564 g/mol. The van der Waals surface area contributed by atoms with Crippen LogP contribution in [0.3, 0.4) is 0 Å². The number of pyridine rings is 1. The molecule has 1 aromatic heterocycles. The van der Waals surface area contributed by atoms with Crippen molar-refractivity contribution in [3.8, 4) is 0 Å². The Hall–Kier alpha value is -3.16. The Morgan fingerprint density at radius 3 is 2.18 bits per heavy atom. The SMILES string of the molecule is CN1CC2C(C1)C2N(c1cc(=O)n(C2(C(F)F)CC2)cc1C(N)=O)[C@@H](c1cccc(C(F)F)c1F)C(F)(F)F. The van der Waals surface area contributed by atoms with E-state index < -0.39 is 76.3 Å². The molecule has 3 atom stereocenters. The molecule has 14 heteroatoms. The van der Waals surface area contributed by atoms with E-state index in [1.807, 2.05) is 4.90 Å². The van der Waals surface area contributed by atoms with Crippen molar-refractivity contribution >= 4 is 11.6 Å². The van der Waals surface area contributed by atoms with E-state index in [9.17, 15) is 40.3 Å². The molecule has 0 radical (unpaired) electrons. The van der Waals surface area contributed by atoms with E-state index in [-0.39, 0.29) is 24.7 Å². The molecule has 39 heavy (non-hydrogen) atoms. The second-order valence-electron chi connectivity index (χ2n) is 10.5. The summed E-state index contributed by atoms with van der Waals surface area (Å²) in [6.07, 6.45) is -11.1. The second-order valence-corrected chi connectivity index (χ2v) is 10.5. The van der Waals surface area contributed by atoms with Gasteiger partial charge in [0, 0.05) is 37.0 Å². The van der Waals surface area contributed by atoms with Crippen LogP contribution in [-0.2, 0) is 5.54 Å². The lowest BCUT2D eigenvalue weighted by Gasteiger charge is -2.38. The molecule has 3 aliphatic rings. The summed E-state index contributed by atoms with van der Waals surface area (Å²) in [5, 5.41) is 0. The van der Waals surface area contributed by atoms with Crippen LogP contribution in [0.4, 0.5) is 40.8 Å². The number of fused-ring (bicyclic) bond motifs is 1. The highest BCUT2D eigenvalue weighted by atomic mass is 19.4. The Morgan fingerprint density at radius 2 is 1.69 bits per heavy atom. The molecule has 2 aliphatic carbocycles. The summed E-state index contributed by atoms with van der Waals surface area (Å²) in [5.41, 5.74) is -1.14. The third-order valence-corrected chi connectivity index (χ3v) is 8.05. The lowest BCUT2D eigenvalue weighted by atomic mass is 9.98. The number of primary amides is 1. The number of rotatable bonds is 8. The number of benzene rings is 1. The molecule has 1 aliphatic heterocycles. The molecule has 3 fully saturated rings. The summed E-state index contributed by atoms with van der Waals surface area (Å²) in [7, 11) is 1.75. The van der Waals surface area contributed by atoms with Gasteiger partial charge >= 0.3 is 6.18 Å². The van der Waals surface area contributed by atoms with Gasteiger partial charge in [0.05, 0.1) is 16.8 Å². The highest BCUT2D eigenvalue weighted by molar-refractivity contribution is 5.98. The van der Waals surface area contributed by atoms with Crippen molar-refractivity contribution in [2.75, 3.05) is 25.0 Å². The number of likely N-dealkylation sites (tertiary alicyclic amines) is 1.